The van der Waals surface area contributed by atoms with E-state index in [0.29, 0.717) is 38.8 Å². The minimum absolute atomic E-state index is 0.00381. The van der Waals surface area contributed by atoms with Gasteiger partial charge in [-0.25, -0.2) is 0 Å². The van der Waals surface area contributed by atoms with Crippen LogP contribution >= 0.6 is 0 Å². The molecule has 3 heterocycles. The lowest BCUT2D eigenvalue weighted by Crippen LogP contribution is -2.47. The SMILES string of the molecule is C=C(C[C@H](C)C[C@@H]1CC=C[C@@H](C/C=C\COCc2ccc(OC)cc2)O1)C[C@H](O[Si](C)(C)C(C)(C)C)[C@@H]1O[C@H]1C[C@@H](OCc1ccc(OC)cc1)[C@H](/C=C/[C@@H]1CC(C)=CCO1)O[Si](C)(C)C(C)(C)C. The van der Waals surface area contributed by atoms with Gasteiger partial charge >= 0.3 is 0 Å². The fraction of sp³-hybridized carbons (Fsp3) is 0.621. The lowest BCUT2D eigenvalue weighted by Gasteiger charge is -2.41. The lowest BCUT2D eigenvalue weighted by molar-refractivity contribution is -0.0301. The maximum absolute atomic E-state index is 7.31. The molecule has 384 valence electrons. The topological polar surface area (TPSA) is 86.4 Å². The standard InChI is InChI=1S/C58H90O9Si2/c1-42-32-34-62-50(36-42)30-31-52(66-68(12,13)57(4,5)6)53(63-41-46-24-28-48(60-11)29-25-46)39-54-56(65-54)55(67-69(14,15)58(7,8)9)38-44(3)35-43(2)37-51-21-18-20-49(64-51)19-16-17-33-61-40-45-22-26-47(59-10)27-23-45/h16-18,20,22-32,43,49-56H,3,19,21,33-41H2,1-2,4-15H3/b17-16-,31-30+/t43-,49+,50+,51-,52-,53+,54-,55-,56+/m0/s1. The van der Waals surface area contributed by atoms with Gasteiger partial charge < -0.3 is 42.0 Å². The Labute approximate surface area is 420 Å². The average molecular weight is 988 g/mol. The van der Waals surface area contributed by atoms with Crippen LogP contribution in [0.15, 0.2) is 109 Å². The van der Waals surface area contributed by atoms with Crippen LogP contribution < -0.4 is 9.47 Å². The fourth-order valence-electron chi connectivity index (χ4n) is 8.46. The van der Waals surface area contributed by atoms with Gasteiger partial charge in [-0.1, -0.05) is 133 Å². The molecule has 0 radical (unpaired) electrons. The van der Waals surface area contributed by atoms with Crippen molar-refractivity contribution in [2.45, 2.75) is 199 Å². The third kappa shape index (κ3) is 18.5. The second-order valence-corrected chi connectivity index (χ2v) is 32.4. The van der Waals surface area contributed by atoms with Gasteiger partial charge in [0.25, 0.3) is 0 Å². The molecule has 0 aromatic heterocycles. The van der Waals surface area contributed by atoms with Crippen LogP contribution in [-0.2, 0) is 45.8 Å². The van der Waals surface area contributed by atoms with E-state index in [4.69, 9.17) is 42.0 Å². The molecule has 0 saturated carbocycles. The molecule has 0 unspecified atom stereocenters. The Morgan fingerprint density at radius 3 is 2.04 bits per heavy atom. The third-order valence-electron chi connectivity index (χ3n) is 14.8. The molecule has 3 aliphatic heterocycles. The molecule has 5 rings (SSSR count). The van der Waals surface area contributed by atoms with Crippen LogP contribution in [0.1, 0.15) is 111 Å². The van der Waals surface area contributed by atoms with Gasteiger partial charge in [0.2, 0.25) is 0 Å². The Morgan fingerprint density at radius 1 is 0.812 bits per heavy atom. The normalized spacial score (nSPS) is 23.2. The summed E-state index contributed by atoms with van der Waals surface area (Å²) in [5.41, 5.74) is 4.75. The maximum atomic E-state index is 7.31. The molecule has 9 atom stereocenters. The van der Waals surface area contributed by atoms with Gasteiger partial charge in [-0.05, 0) is 123 Å². The van der Waals surface area contributed by atoms with Crippen LogP contribution in [-0.4, -0.2) is 92.9 Å². The van der Waals surface area contributed by atoms with E-state index in [1.807, 2.05) is 36.4 Å². The first-order valence-electron chi connectivity index (χ1n) is 25.6. The van der Waals surface area contributed by atoms with Gasteiger partial charge in [-0.3, -0.25) is 0 Å². The quantitative estimate of drug-likeness (QED) is 0.0376. The summed E-state index contributed by atoms with van der Waals surface area (Å²) in [5.74, 6) is 2.08. The van der Waals surface area contributed by atoms with E-state index in [9.17, 15) is 0 Å². The molecule has 1 fully saturated rings. The zero-order valence-electron chi connectivity index (χ0n) is 45.0. The second-order valence-electron chi connectivity index (χ2n) is 22.9. The summed E-state index contributed by atoms with van der Waals surface area (Å²) >= 11 is 0. The highest BCUT2D eigenvalue weighted by Crippen LogP contribution is 2.44. The number of epoxide rings is 1. The van der Waals surface area contributed by atoms with Crippen molar-refractivity contribution in [2.75, 3.05) is 27.4 Å². The second kappa shape index (κ2) is 26.0. The summed E-state index contributed by atoms with van der Waals surface area (Å²) in [6.45, 7) is 34.5. The molecule has 3 aliphatic rings. The Morgan fingerprint density at radius 2 is 1.43 bits per heavy atom. The molecule has 11 heteroatoms. The summed E-state index contributed by atoms with van der Waals surface area (Å²) in [5, 5.41) is 0.0460. The summed E-state index contributed by atoms with van der Waals surface area (Å²) in [4.78, 5) is 0. The van der Waals surface area contributed by atoms with Crippen LogP contribution in [0, 0.1) is 5.92 Å². The van der Waals surface area contributed by atoms with E-state index in [-0.39, 0.29) is 58.9 Å². The van der Waals surface area contributed by atoms with Crippen LogP contribution in [0.5, 0.6) is 11.5 Å². The number of methoxy groups -OCH3 is 2. The van der Waals surface area contributed by atoms with E-state index < -0.39 is 16.6 Å². The smallest absolute Gasteiger partial charge is 0.193 e. The summed E-state index contributed by atoms with van der Waals surface area (Å²) in [6, 6.07) is 16.1. The molecule has 0 N–H and O–H groups in total. The summed E-state index contributed by atoms with van der Waals surface area (Å²) < 4.78 is 57.7. The summed E-state index contributed by atoms with van der Waals surface area (Å²) in [6.07, 6.45) is 20.7. The van der Waals surface area contributed by atoms with Gasteiger partial charge in [-0.2, -0.15) is 0 Å². The molecular weight excluding hydrogens is 897 g/mol. The van der Waals surface area contributed by atoms with Crippen LogP contribution in [0.3, 0.4) is 0 Å². The molecule has 0 spiro atoms. The Hall–Kier alpha value is -3.11. The van der Waals surface area contributed by atoms with Crippen molar-refractivity contribution in [2.24, 2.45) is 5.92 Å². The molecule has 0 aliphatic carbocycles. The number of hydrogen-bond acceptors (Lipinski definition) is 9. The van der Waals surface area contributed by atoms with Gasteiger partial charge in [-0.15, -0.1) is 0 Å². The maximum Gasteiger partial charge on any atom is 0.193 e. The minimum Gasteiger partial charge on any atom is -0.497 e. The Balaban J connectivity index is 1.24. The van der Waals surface area contributed by atoms with E-state index in [1.54, 1.807) is 14.2 Å². The predicted molar refractivity (Wildman–Crippen MR) is 287 cm³/mol. The van der Waals surface area contributed by atoms with E-state index in [2.05, 4.69) is 143 Å². The molecule has 2 aromatic rings. The molecule has 0 bridgehead atoms. The van der Waals surface area contributed by atoms with E-state index in [1.165, 1.54) is 11.1 Å². The molecule has 1 saturated heterocycles. The first-order valence-corrected chi connectivity index (χ1v) is 31.4. The van der Waals surface area contributed by atoms with Crippen molar-refractivity contribution in [3.8, 4) is 11.5 Å². The van der Waals surface area contributed by atoms with Crippen LogP contribution in [0.25, 0.3) is 0 Å². The zero-order valence-corrected chi connectivity index (χ0v) is 47.0. The van der Waals surface area contributed by atoms with Gasteiger partial charge in [0.1, 0.15) is 17.6 Å². The van der Waals surface area contributed by atoms with Gasteiger partial charge in [0.05, 0.1) is 83.4 Å². The van der Waals surface area contributed by atoms with Crippen molar-refractivity contribution in [1.82, 2.24) is 0 Å². The lowest BCUT2D eigenvalue weighted by atomic mass is 9.91. The highest BCUT2D eigenvalue weighted by Gasteiger charge is 2.51. The Kier molecular flexibility index (Phi) is 21.4. The van der Waals surface area contributed by atoms with Crippen molar-refractivity contribution in [3.63, 3.8) is 0 Å². The van der Waals surface area contributed by atoms with Crippen molar-refractivity contribution in [1.29, 1.82) is 0 Å². The summed E-state index contributed by atoms with van der Waals surface area (Å²) in [7, 11) is -1.06. The van der Waals surface area contributed by atoms with Gasteiger partial charge in [0.15, 0.2) is 16.6 Å². The zero-order chi connectivity index (χ0) is 50.4. The van der Waals surface area contributed by atoms with Crippen molar-refractivity contribution >= 4 is 16.6 Å². The molecule has 69 heavy (non-hydrogen) atoms. The Bertz CT molecular complexity index is 1990. The first-order chi connectivity index (χ1) is 32.6. The van der Waals surface area contributed by atoms with E-state index in [0.717, 1.165) is 61.2 Å². The predicted octanol–water partition coefficient (Wildman–Crippen LogP) is 14.1. The van der Waals surface area contributed by atoms with Crippen LogP contribution in [0.4, 0.5) is 0 Å². The third-order valence-corrected chi connectivity index (χ3v) is 23.8. The van der Waals surface area contributed by atoms with Gasteiger partial charge in [0, 0.05) is 6.42 Å². The fourth-order valence-corrected chi connectivity index (χ4v) is 11.1. The highest BCUT2D eigenvalue weighted by molar-refractivity contribution is 6.74. The number of ether oxygens (including phenoxy) is 7. The molecule has 0 amide bonds. The number of benzene rings is 2. The van der Waals surface area contributed by atoms with Crippen molar-refractivity contribution < 1.29 is 42.0 Å². The first kappa shape index (κ1) is 56.8. The minimum atomic E-state index is -2.25. The highest BCUT2D eigenvalue weighted by atomic mass is 28.4. The van der Waals surface area contributed by atoms with E-state index >= 15 is 0 Å². The van der Waals surface area contributed by atoms with Crippen LogP contribution in [0.2, 0.25) is 36.3 Å². The monoisotopic (exact) mass is 987 g/mol. The van der Waals surface area contributed by atoms with Crippen molar-refractivity contribution in [3.05, 3.63) is 120 Å². The number of rotatable bonds is 27. The molecular formula is C58H90O9Si2. The molecule has 2 aromatic carbocycles. The largest absolute Gasteiger partial charge is 0.497 e. The number of hydrogen-bond donors (Lipinski definition) is 0. The molecule has 9 nitrogen and oxygen atoms in total. The average Bonchev–Trinajstić information content (AvgIpc) is 4.06.